The van der Waals surface area contributed by atoms with Gasteiger partial charge in [0.25, 0.3) is 0 Å². The van der Waals surface area contributed by atoms with Gasteiger partial charge in [0.2, 0.25) is 0 Å². The summed E-state index contributed by atoms with van der Waals surface area (Å²) in [6.07, 6.45) is 3.10. The van der Waals surface area contributed by atoms with Crippen molar-refractivity contribution in [1.29, 1.82) is 0 Å². The van der Waals surface area contributed by atoms with E-state index in [1.54, 1.807) is 14.2 Å². The van der Waals surface area contributed by atoms with Crippen molar-refractivity contribution in [3.63, 3.8) is 0 Å². The molecule has 98 valence electrons. The number of aryl methyl sites for hydroxylation is 2. The average molecular weight is 241 g/mol. The lowest BCUT2D eigenvalue weighted by molar-refractivity contribution is 0.189. The summed E-state index contributed by atoms with van der Waals surface area (Å²) in [7, 11) is 3.43. The maximum absolute atomic E-state index is 5.03. The second-order valence-corrected chi connectivity index (χ2v) is 4.02. The standard InChI is InChI=1S/C12H23N3O2/c1-11-12(9-13-5-8-17-3)10-15(14-11)6-4-7-16-2/h10,13H,4-9H2,1-3H3. The average Bonchev–Trinajstić information content (AvgIpc) is 2.66. The Morgan fingerprint density at radius 2 is 2.06 bits per heavy atom. The van der Waals surface area contributed by atoms with Crippen LogP contribution in [-0.4, -0.2) is 43.8 Å². The van der Waals surface area contributed by atoms with Crippen molar-refractivity contribution < 1.29 is 9.47 Å². The van der Waals surface area contributed by atoms with Crippen LogP contribution in [0, 0.1) is 6.92 Å². The zero-order chi connectivity index (χ0) is 12.5. The Morgan fingerprint density at radius 1 is 1.29 bits per heavy atom. The summed E-state index contributed by atoms with van der Waals surface area (Å²) in [5.41, 5.74) is 2.34. The van der Waals surface area contributed by atoms with E-state index in [9.17, 15) is 0 Å². The van der Waals surface area contributed by atoms with Crippen LogP contribution < -0.4 is 5.32 Å². The molecule has 0 aromatic carbocycles. The maximum Gasteiger partial charge on any atom is 0.0638 e. The number of methoxy groups -OCH3 is 2. The van der Waals surface area contributed by atoms with E-state index in [0.717, 1.165) is 45.0 Å². The van der Waals surface area contributed by atoms with E-state index in [-0.39, 0.29) is 0 Å². The molecule has 0 aliphatic rings. The highest BCUT2D eigenvalue weighted by atomic mass is 16.5. The van der Waals surface area contributed by atoms with Gasteiger partial charge in [-0.1, -0.05) is 0 Å². The maximum atomic E-state index is 5.03. The first-order chi connectivity index (χ1) is 8.27. The number of aromatic nitrogens is 2. The van der Waals surface area contributed by atoms with Gasteiger partial charge in [-0.2, -0.15) is 5.10 Å². The number of ether oxygens (including phenoxy) is 2. The van der Waals surface area contributed by atoms with Crippen molar-refractivity contribution in [3.05, 3.63) is 17.5 Å². The van der Waals surface area contributed by atoms with Gasteiger partial charge >= 0.3 is 0 Å². The monoisotopic (exact) mass is 241 g/mol. The lowest BCUT2D eigenvalue weighted by Crippen LogP contribution is -2.18. The van der Waals surface area contributed by atoms with Gasteiger partial charge in [0.15, 0.2) is 0 Å². The molecule has 1 aromatic heterocycles. The van der Waals surface area contributed by atoms with E-state index in [4.69, 9.17) is 9.47 Å². The van der Waals surface area contributed by atoms with E-state index in [1.165, 1.54) is 5.56 Å². The molecular weight excluding hydrogens is 218 g/mol. The molecule has 0 fully saturated rings. The van der Waals surface area contributed by atoms with Crippen molar-refractivity contribution in [2.45, 2.75) is 26.4 Å². The molecule has 1 N–H and O–H groups in total. The summed E-state index contributed by atoms with van der Waals surface area (Å²) in [5, 5.41) is 7.79. The van der Waals surface area contributed by atoms with Gasteiger partial charge in [-0.3, -0.25) is 4.68 Å². The van der Waals surface area contributed by atoms with E-state index in [1.807, 2.05) is 11.6 Å². The van der Waals surface area contributed by atoms with Gasteiger partial charge in [0.05, 0.1) is 12.3 Å². The van der Waals surface area contributed by atoms with Crippen LogP contribution in [-0.2, 0) is 22.6 Å². The molecule has 0 saturated heterocycles. The van der Waals surface area contributed by atoms with Gasteiger partial charge in [-0.05, 0) is 13.3 Å². The Kier molecular flexibility index (Phi) is 6.84. The summed E-state index contributed by atoms with van der Waals surface area (Å²) in [6, 6.07) is 0. The molecular formula is C12H23N3O2. The fourth-order valence-corrected chi connectivity index (χ4v) is 1.62. The number of rotatable bonds is 9. The van der Waals surface area contributed by atoms with Gasteiger partial charge in [-0.25, -0.2) is 0 Å². The smallest absolute Gasteiger partial charge is 0.0638 e. The molecule has 17 heavy (non-hydrogen) atoms. The summed E-state index contributed by atoms with van der Waals surface area (Å²) in [5.74, 6) is 0. The third kappa shape index (κ3) is 5.30. The van der Waals surface area contributed by atoms with E-state index in [0.29, 0.717) is 0 Å². The van der Waals surface area contributed by atoms with Gasteiger partial charge in [-0.15, -0.1) is 0 Å². The summed E-state index contributed by atoms with van der Waals surface area (Å²) in [4.78, 5) is 0. The fourth-order valence-electron chi connectivity index (χ4n) is 1.62. The van der Waals surface area contributed by atoms with Crippen LogP contribution in [0.4, 0.5) is 0 Å². The molecule has 0 aliphatic heterocycles. The van der Waals surface area contributed by atoms with Crippen LogP contribution in [0.15, 0.2) is 6.20 Å². The quantitative estimate of drug-likeness (QED) is 0.654. The van der Waals surface area contributed by atoms with Crippen molar-refractivity contribution >= 4 is 0 Å². The minimum absolute atomic E-state index is 0.737. The minimum atomic E-state index is 0.737. The molecule has 5 nitrogen and oxygen atoms in total. The minimum Gasteiger partial charge on any atom is -0.385 e. The summed E-state index contributed by atoms with van der Waals surface area (Å²) >= 11 is 0. The predicted octanol–water partition coefficient (Wildman–Crippen LogP) is 0.964. The molecule has 0 saturated carbocycles. The molecule has 5 heteroatoms. The van der Waals surface area contributed by atoms with Crippen LogP contribution in [0.2, 0.25) is 0 Å². The first-order valence-electron chi connectivity index (χ1n) is 5.99. The second kappa shape index (κ2) is 8.22. The van der Waals surface area contributed by atoms with E-state index < -0.39 is 0 Å². The van der Waals surface area contributed by atoms with Crippen molar-refractivity contribution in [3.8, 4) is 0 Å². The van der Waals surface area contributed by atoms with Crippen LogP contribution >= 0.6 is 0 Å². The molecule has 0 amide bonds. The van der Waals surface area contributed by atoms with Gasteiger partial charge < -0.3 is 14.8 Å². The van der Waals surface area contributed by atoms with Crippen molar-refractivity contribution in [2.75, 3.05) is 34.0 Å². The molecule has 0 bridgehead atoms. The zero-order valence-corrected chi connectivity index (χ0v) is 11.0. The third-order valence-electron chi connectivity index (χ3n) is 2.58. The third-order valence-corrected chi connectivity index (χ3v) is 2.58. The Morgan fingerprint density at radius 3 is 2.76 bits per heavy atom. The second-order valence-electron chi connectivity index (χ2n) is 4.02. The number of hydrogen-bond donors (Lipinski definition) is 1. The van der Waals surface area contributed by atoms with E-state index in [2.05, 4.69) is 16.6 Å². The summed E-state index contributed by atoms with van der Waals surface area (Å²) < 4.78 is 12.0. The molecule has 1 heterocycles. The molecule has 0 radical (unpaired) electrons. The highest BCUT2D eigenvalue weighted by molar-refractivity contribution is 5.14. The lowest BCUT2D eigenvalue weighted by Gasteiger charge is -2.02. The fraction of sp³-hybridized carbons (Fsp3) is 0.750. The predicted molar refractivity (Wildman–Crippen MR) is 67.0 cm³/mol. The highest BCUT2D eigenvalue weighted by Crippen LogP contribution is 2.05. The van der Waals surface area contributed by atoms with Crippen LogP contribution in [0.3, 0.4) is 0 Å². The van der Waals surface area contributed by atoms with E-state index >= 15 is 0 Å². The molecule has 0 atom stereocenters. The Labute approximate surface area is 103 Å². The normalized spacial score (nSPS) is 11.0. The first kappa shape index (κ1) is 14.2. The van der Waals surface area contributed by atoms with Crippen LogP contribution in [0.5, 0.6) is 0 Å². The van der Waals surface area contributed by atoms with Gasteiger partial charge in [0.1, 0.15) is 0 Å². The van der Waals surface area contributed by atoms with Crippen LogP contribution in [0.1, 0.15) is 17.7 Å². The summed E-state index contributed by atoms with van der Waals surface area (Å²) in [6.45, 7) is 6.18. The lowest BCUT2D eigenvalue weighted by atomic mass is 10.2. The Hall–Kier alpha value is -0.910. The largest absolute Gasteiger partial charge is 0.385 e. The topological polar surface area (TPSA) is 48.3 Å². The zero-order valence-electron chi connectivity index (χ0n) is 11.0. The Bertz CT molecular complexity index is 313. The molecule has 1 rings (SSSR count). The molecule has 1 aromatic rings. The SMILES string of the molecule is COCCCn1cc(CNCCOC)c(C)n1. The Balaban J connectivity index is 2.33. The first-order valence-corrected chi connectivity index (χ1v) is 5.99. The van der Waals surface area contributed by atoms with Crippen LogP contribution in [0.25, 0.3) is 0 Å². The molecule has 0 unspecified atom stereocenters. The molecule has 0 spiro atoms. The van der Waals surface area contributed by atoms with Crippen molar-refractivity contribution in [1.82, 2.24) is 15.1 Å². The number of nitrogens with zero attached hydrogens (tertiary/aromatic N) is 2. The van der Waals surface area contributed by atoms with Crippen molar-refractivity contribution in [2.24, 2.45) is 0 Å². The highest BCUT2D eigenvalue weighted by Gasteiger charge is 2.03. The number of hydrogen-bond acceptors (Lipinski definition) is 4. The molecule has 0 aliphatic carbocycles. The van der Waals surface area contributed by atoms with Gasteiger partial charge in [0, 0.05) is 52.2 Å². The number of nitrogens with one attached hydrogen (secondary N) is 1.